The maximum absolute atomic E-state index is 12.2. The molecule has 0 spiro atoms. The maximum atomic E-state index is 12.2. The Labute approximate surface area is 137 Å². The average Bonchev–Trinajstić information content (AvgIpc) is 2.56. The van der Waals surface area contributed by atoms with E-state index in [1.54, 1.807) is 14.0 Å². The third kappa shape index (κ3) is 5.25. The average molecular weight is 319 g/mol. The minimum atomic E-state index is -0.364. The van der Waals surface area contributed by atoms with Gasteiger partial charge in [0.25, 0.3) is 0 Å². The van der Waals surface area contributed by atoms with E-state index in [9.17, 15) is 9.59 Å². The highest BCUT2D eigenvalue weighted by molar-refractivity contribution is 5.83. The Morgan fingerprint density at radius 3 is 2.39 bits per heavy atom. The van der Waals surface area contributed by atoms with Gasteiger partial charge in [-0.15, -0.1) is 0 Å². The number of ether oxygens (including phenoxy) is 1. The first kappa shape index (κ1) is 17.3. The first-order valence-electron chi connectivity index (χ1n) is 8.02. The van der Waals surface area contributed by atoms with Gasteiger partial charge in [0.15, 0.2) is 0 Å². The first-order valence-corrected chi connectivity index (χ1v) is 8.02. The number of anilines is 1. The van der Waals surface area contributed by atoms with Crippen LogP contribution in [0, 0.1) is 0 Å². The molecule has 1 heterocycles. The summed E-state index contributed by atoms with van der Waals surface area (Å²) in [6.45, 7) is 5.93. The lowest BCUT2D eigenvalue weighted by atomic mass is 10.2. The van der Waals surface area contributed by atoms with Gasteiger partial charge in [-0.3, -0.25) is 14.5 Å². The van der Waals surface area contributed by atoms with Crippen LogP contribution in [-0.2, 0) is 14.3 Å². The molecule has 0 radical (unpaired) electrons. The molecule has 23 heavy (non-hydrogen) atoms. The lowest BCUT2D eigenvalue weighted by Gasteiger charge is -2.36. The predicted molar refractivity (Wildman–Crippen MR) is 89.4 cm³/mol. The van der Waals surface area contributed by atoms with Gasteiger partial charge in [-0.1, -0.05) is 18.2 Å². The molecular weight excluding hydrogens is 294 g/mol. The topological polar surface area (TPSA) is 53.1 Å². The van der Waals surface area contributed by atoms with Gasteiger partial charge in [-0.25, -0.2) is 0 Å². The van der Waals surface area contributed by atoms with Crippen molar-refractivity contribution in [3.05, 3.63) is 30.3 Å². The van der Waals surface area contributed by atoms with E-state index in [1.165, 1.54) is 10.6 Å². The Kier molecular flexibility index (Phi) is 6.40. The van der Waals surface area contributed by atoms with Crippen LogP contribution in [0.1, 0.15) is 6.92 Å². The van der Waals surface area contributed by atoms with Gasteiger partial charge in [0, 0.05) is 38.9 Å². The Balaban J connectivity index is 1.75. The largest absolute Gasteiger partial charge is 0.465 e. The summed E-state index contributed by atoms with van der Waals surface area (Å²) in [6, 6.07) is 10.3. The van der Waals surface area contributed by atoms with Crippen LogP contribution in [0.4, 0.5) is 5.69 Å². The fraction of sp³-hybridized carbons (Fsp3) is 0.529. The molecule has 2 rings (SSSR count). The van der Waals surface area contributed by atoms with Crippen LogP contribution in [0.2, 0.25) is 0 Å². The summed E-state index contributed by atoms with van der Waals surface area (Å²) in [5.74, 6) is -0.413. The molecule has 0 aromatic heterocycles. The number of likely N-dealkylation sites (N-methyl/N-ethyl adjacent to an activating group) is 1. The van der Waals surface area contributed by atoms with Crippen LogP contribution in [-0.4, -0.2) is 74.6 Å². The quantitative estimate of drug-likeness (QED) is 0.727. The van der Waals surface area contributed by atoms with Gasteiger partial charge in [0.2, 0.25) is 5.91 Å². The molecule has 1 aromatic carbocycles. The fourth-order valence-electron chi connectivity index (χ4n) is 2.60. The molecule has 0 N–H and O–H groups in total. The number of rotatable bonds is 6. The van der Waals surface area contributed by atoms with Crippen molar-refractivity contribution in [1.82, 2.24) is 9.80 Å². The molecule has 1 aromatic rings. The second-order valence-corrected chi connectivity index (χ2v) is 5.65. The molecule has 1 aliphatic rings. The molecule has 0 bridgehead atoms. The van der Waals surface area contributed by atoms with E-state index in [-0.39, 0.29) is 18.4 Å². The van der Waals surface area contributed by atoms with E-state index in [1.807, 2.05) is 18.2 Å². The third-order valence-electron chi connectivity index (χ3n) is 3.95. The monoisotopic (exact) mass is 319 g/mol. The maximum Gasteiger partial charge on any atom is 0.325 e. The summed E-state index contributed by atoms with van der Waals surface area (Å²) in [5.41, 5.74) is 1.22. The minimum absolute atomic E-state index is 0.0106. The molecule has 6 heteroatoms. The SMILES string of the molecule is CCOC(=O)CN(C)C(=O)CN1CCN(c2ccccc2)CC1. The van der Waals surface area contributed by atoms with Crippen molar-refractivity contribution in [2.45, 2.75) is 6.92 Å². The van der Waals surface area contributed by atoms with E-state index in [0.717, 1.165) is 26.2 Å². The third-order valence-corrected chi connectivity index (χ3v) is 3.95. The Morgan fingerprint density at radius 2 is 1.78 bits per heavy atom. The highest BCUT2D eigenvalue weighted by Gasteiger charge is 2.21. The van der Waals surface area contributed by atoms with Gasteiger partial charge in [-0.2, -0.15) is 0 Å². The summed E-state index contributed by atoms with van der Waals surface area (Å²) in [4.78, 5) is 29.5. The van der Waals surface area contributed by atoms with Crippen molar-refractivity contribution in [2.75, 3.05) is 57.8 Å². The number of benzene rings is 1. The number of hydrogen-bond acceptors (Lipinski definition) is 5. The summed E-state index contributed by atoms with van der Waals surface area (Å²) < 4.78 is 4.86. The molecule has 0 atom stereocenters. The number of piperazine rings is 1. The van der Waals surface area contributed by atoms with E-state index < -0.39 is 0 Å². The van der Waals surface area contributed by atoms with Crippen molar-refractivity contribution in [2.24, 2.45) is 0 Å². The number of nitrogens with zero attached hydrogens (tertiary/aromatic N) is 3. The van der Waals surface area contributed by atoms with E-state index in [4.69, 9.17) is 4.74 Å². The normalized spacial score (nSPS) is 15.3. The molecule has 1 aliphatic heterocycles. The second-order valence-electron chi connectivity index (χ2n) is 5.65. The lowest BCUT2D eigenvalue weighted by molar-refractivity contribution is -0.148. The van der Waals surface area contributed by atoms with E-state index >= 15 is 0 Å². The van der Waals surface area contributed by atoms with Gasteiger partial charge in [-0.05, 0) is 19.1 Å². The molecular formula is C17H25N3O3. The minimum Gasteiger partial charge on any atom is -0.465 e. The fourth-order valence-corrected chi connectivity index (χ4v) is 2.60. The number of para-hydroxylation sites is 1. The van der Waals surface area contributed by atoms with Crippen LogP contribution in [0.3, 0.4) is 0 Å². The summed E-state index contributed by atoms with van der Waals surface area (Å²) in [6.07, 6.45) is 0. The zero-order chi connectivity index (χ0) is 16.7. The number of hydrogen-bond donors (Lipinski definition) is 0. The highest BCUT2D eigenvalue weighted by atomic mass is 16.5. The Bertz CT molecular complexity index is 513. The summed E-state index contributed by atoms with van der Waals surface area (Å²) in [5, 5.41) is 0. The second kappa shape index (κ2) is 8.53. The van der Waals surface area contributed by atoms with Crippen LogP contribution in [0.15, 0.2) is 30.3 Å². The highest BCUT2D eigenvalue weighted by Crippen LogP contribution is 2.15. The number of esters is 1. The summed E-state index contributed by atoms with van der Waals surface area (Å²) >= 11 is 0. The predicted octanol–water partition coefficient (Wildman–Crippen LogP) is 0.830. The van der Waals surface area contributed by atoms with E-state index in [0.29, 0.717) is 13.2 Å². The molecule has 0 aliphatic carbocycles. The van der Waals surface area contributed by atoms with Crippen LogP contribution >= 0.6 is 0 Å². The van der Waals surface area contributed by atoms with Gasteiger partial charge >= 0.3 is 5.97 Å². The molecule has 6 nitrogen and oxygen atoms in total. The number of carbonyl (C=O) groups is 2. The lowest BCUT2D eigenvalue weighted by Crippen LogP contribution is -2.50. The van der Waals surface area contributed by atoms with Crippen LogP contribution in [0.25, 0.3) is 0 Å². The number of amides is 1. The molecule has 1 amide bonds. The van der Waals surface area contributed by atoms with Gasteiger partial charge < -0.3 is 14.5 Å². The molecule has 0 saturated carbocycles. The zero-order valence-corrected chi connectivity index (χ0v) is 13.9. The van der Waals surface area contributed by atoms with Gasteiger partial charge in [0.1, 0.15) is 6.54 Å². The Morgan fingerprint density at radius 1 is 1.13 bits per heavy atom. The molecule has 1 fully saturated rings. The van der Waals surface area contributed by atoms with Crippen molar-refractivity contribution in [3.63, 3.8) is 0 Å². The van der Waals surface area contributed by atoms with E-state index in [2.05, 4.69) is 21.9 Å². The summed E-state index contributed by atoms with van der Waals surface area (Å²) in [7, 11) is 1.64. The van der Waals surface area contributed by atoms with Crippen molar-refractivity contribution in [3.8, 4) is 0 Å². The molecule has 1 saturated heterocycles. The smallest absolute Gasteiger partial charge is 0.325 e. The number of carbonyl (C=O) groups excluding carboxylic acids is 2. The van der Waals surface area contributed by atoms with Crippen molar-refractivity contribution in [1.29, 1.82) is 0 Å². The van der Waals surface area contributed by atoms with Crippen molar-refractivity contribution < 1.29 is 14.3 Å². The molecule has 0 unspecified atom stereocenters. The van der Waals surface area contributed by atoms with Crippen LogP contribution in [0.5, 0.6) is 0 Å². The first-order chi connectivity index (χ1) is 11.1. The van der Waals surface area contributed by atoms with Crippen molar-refractivity contribution >= 4 is 17.6 Å². The van der Waals surface area contributed by atoms with Gasteiger partial charge in [0.05, 0.1) is 13.2 Å². The van der Waals surface area contributed by atoms with Crippen LogP contribution < -0.4 is 4.90 Å². The molecule has 126 valence electrons. The Hall–Kier alpha value is -2.08. The zero-order valence-electron chi connectivity index (χ0n) is 13.9. The standard InChI is InChI=1S/C17H25N3O3/c1-3-23-17(22)14-18(2)16(21)13-19-9-11-20(12-10-19)15-7-5-4-6-8-15/h4-8H,3,9-14H2,1-2H3.